The maximum atomic E-state index is 2.44. The topological polar surface area (TPSA) is 0 Å². The highest BCUT2D eigenvalue weighted by Gasteiger charge is 2.23. The lowest BCUT2D eigenvalue weighted by atomic mass is 10.2. The molecule has 0 aliphatic carbocycles. The number of aryl methyl sites for hydroxylation is 4. The molecule has 0 spiro atoms. The normalized spacial score (nSPS) is 12.4. The van der Waals surface area contributed by atoms with Crippen molar-refractivity contribution in [1.29, 1.82) is 0 Å². The summed E-state index contributed by atoms with van der Waals surface area (Å²) in [6.07, 6.45) is 0. The van der Waals surface area contributed by atoms with E-state index in [9.17, 15) is 0 Å². The summed E-state index contributed by atoms with van der Waals surface area (Å²) in [7, 11) is -2.60. The van der Waals surface area contributed by atoms with E-state index in [-0.39, 0.29) is 0 Å². The minimum atomic E-state index is -1.30. The van der Waals surface area contributed by atoms with Gasteiger partial charge >= 0.3 is 0 Å². The quantitative estimate of drug-likeness (QED) is 0.127. The number of rotatable bonds is 9. The average molecular weight is 860 g/mol. The van der Waals surface area contributed by atoms with Gasteiger partial charge < -0.3 is 0 Å². The summed E-state index contributed by atoms with van der Waals surface area (Å²) in [6, 6.07) is 28.4. The Balaban J connectivity index is 1.01. The van der Waals surface area contributed by atoms with Crippen molar-refractivity contribution in [2.24, 2.45) is 0 Å². The third-order valence-corrected chi connectivity index (χ3v) is 27.0. The molecular weight excluding hydrogens is 817 g/mol. The van der Waals surface area contributed by atoms with Gasteiger partial charge in [0, 0.05) is 68.3 Å². The first-order valence-corrected chi connectivity index (χ1v) is 31.0. The van der Waals surface area contributed by atoms with Crippen molar-refractivity contribution in [3.05, 3.63) is 95.1 Å². The molecule has 0 aliphatic rings. The summed E-state index contributed by atoms with van der Waals surface area (Å²) in [5, 5.41) is 0. The molecule has 8 heterocycles. The second-order valence-electron chi connectivity index (χ2n) is 15.6. The molecule has 0 atom stereocenters. The molecule has 8 aromatic rings. The molecule has 0 saturated heterocycles. The average Bonchev–Trinajstić information content (AvgIpc) is 3.91. The van der Waals surface area contributed by atoms with Crippen LogP contribution in [0, 0.1) is 27.7 Å². The Morgan fingerprint density at radius 3 is 0.885 bits per heavy atom. The molecule has 0 nitrogen and oxygen atoms in total. The molecule has 0 aliphatic heterocycles. The first-order valence-electron chi connectivity index (χ1n) is 17.5. The fourth-order valence-electron chi connectivity index (χ4n) is 6.31. The fraction of sp³-hybridized carbons (Fsp3) is 0.238. The first-order chi connectivity index (χ1) is 24.6. The van der Waals surface area contributed by atoms with E-state index >= 15 is 0 Å². The van der Waals surface area contributed by atoms with Gasteiger partial charge in [-0.15, -0.1) is 90.7 Å². The van der Waals surface area contributed by atoms with Crippen LogP contribution in [-0.2, 0) is 0 Å². The molecule has 0 radical (unpaired) electrons. The summed E-state index contributed by atoms with van der Waals surface area (Å²) >= 11 is 15.7. The molecule has 8 rings (SSSR count). The highest BCUT2D eigenvalue weighted by molar-refractivity contribution is 7.34. The molecule has 0 unspecified atom stereocenters. The smallest absolute Gasteiger partial charge is 0.0904 e. The summed E-state index contributed by atoms with van der Waals surface area (Å²) in [6.45, 7) is 23.8. The van der Waals surface area contributed by atoms with Crippen molar-refractivity contribution in [3.63, 3.8) is 0 Å². The maximum Gasteiger partial charge on any atom is 0.0904 e. The minimum absolute atomic E-state index is 1.30. The molecular formula is C42H42S8Si2. The Morgan fingerprint density at radius 1 is 0.288 bits per heavy atom. The molecule has 0 bridgehead atoms. The van der Waals surface area contributed by atoms with Crippen LogP contribution in [0.15, 0.2) is 72.8 Å². The van der Waals surface area contributed by atoms with Crippen LogP contribution in [0.1, 0.15) is 22.3 Å². The Hall–Kier alpha value is -1.97. The van der Waals surface area contributed by atoms with Gasteiger partial charge in [-0.2, -0.15) is 0 Å². The summed E-state index contributed by atoms with van der Waals surface area (Å²) in [5.74, 6) is 0. The van der Waals surface area contributed by atoms with Crippen molar-refractivity contribution in [3.8, 4) is 68.3 Å². The lowest BCUT2D eigenvalue weighted by Crippen LogP contribution is -2.34. The van der Waals surface area contributed by atoms with Crippen molar-refractivity contribution in [1.82, 2.24) is 0 Å². The summed E-state index contributed by atoms with van der Waals surface area (Å²) in [5.41, 5.74) is 5.53. The molecule has 52 heavy (non-hydrogen) atoms. The Labute approximate surface area is 342 Å². The van der Waals surface area contributed by atoms with Crippen LogP contribution in [0.5, 0.6) is 0 Å². The number of thiophene rings is 8. The van der Waals surface area contributed by atoms with Crippen LogP contribution >= 0.6 is 90.7 Å². The number of hydrogen-bond donors (Lipinski definition) is 0. The van der Waals surface area contributed by atoms with Crippen LogP contribution in [0.4, 0.5) is 0 Å². The molecule has 0 fully saturated rings. The van der Waals surface area contributed by atoms with Gasteiger partial charge in [0.05, 0.1) is 16.1 Å². The van der Waals surface area contributed by atoms with Crippen molar-refractivity contribution in [2.75, 3.05) is 0 Å². The van der Waals surface area contributed by atoms with Crippen LogP contribution in [0.2, 0.25) is 39.3 Å². The van der Waals surface area contributed by atoms with Crippen LogP contribution in [0.25, 0.3) is 68.3 Å². The highest BCUT2D eigenvalue weighted by atomic mass is 32.1. The van der Waals surface area contributed by atoms with Gasteiger partial charge in [-0.05, 0) is 120 Å². The van der Waals surface area contributed by atoms with Gasteiger partial charge in [-0.1, -0.05) is 51.4 Å². The van der Waals surface area contributed by atoms with Crippen molar-refractivity contribution in [2.45, 2.75) is 67.0 Å². The molecule has 0 saturated carbocycles. The second kappa shape index (κ2) is 14.0. The predicted molar refractivity (Wildman–Crippen MR) is 252 cm³/mol. The standard InChI is InChI=1S/C42H42S8Si2/c1-23-19-33(47-41(23)35-21-25(3)39(49-35)31-15-17-37(45-31)51(5,6)7)29-13-11-27(43-29)28-12-14-30(44-28)34-20-24(2)42(48-34)36-22-26(4)40(50-36)32-16-18-38(46-32)52(8,9)10/h11-22H,1-10H3. The molecule has 0 aromatic carbocycles. The predicted octanol–water partition coefficient (Wildman–Crippen LogP) is 16.2. The zero-order valence-electron chi connectivity index (χ0n) is 31.2. The zero-order valence-corrected chi connectivity index (χ0v) is 39.7. The fourth-order valence-corrected chi connectivity index (χ4v) is 19.7. The van der Waals surface area contributed by atoms with E-state index in [0.29, 0.717) is 0 Å². The Bertz CT molecular complexity index is 2370. The SMILES string of the molecule is Cc1cc(-c2ccc(-c3ccc(-c4cc(C)c(-c5cc(C)c(-c6ccc([Si](C)(C)C)s6)s5)s4)s3)s2)sc1-c1cc(C)c(-c2ccc([Si](C)(C)C)s2)s1. The highest BCUT2D eigenvalue weighted by Crippen LogP contribution is 2.50. The van der Waals surface area contributed by atoms with Gasteiger partial charge in [-0.25, -0.2) is 0 Å². The van der Waals surface area contributed by atoms with Gasteiger partial charge in [0.1, 0.15) is 0 Å². The first kappa shape index (κ1) is 37.0. The lowest BCUT2D eigenvalue weighted by Gasteiger charge is -2.12. The van der Waals surface area contributed by atoms with E-state index < -0.39 is 16.1 Å². The van der Waals surface area contributed by atoms with E-state index in [1.54, 1.807) is 9.00 Å². The van der Waals surface area contributed by atoms with Gasteiger partial charge in [0.15, 0.2) is 0 Å². The van der Waals surface area contributed by atoms with Crippen molar-refractivity contribution < 1.29 is 0 Å². The summed E-state index contributed by atoms with van der Waals surface area (Å²) < 4.78 is 3.17. The van der Waals surface area contributed by atoms with Gasteiger partial charge in [-0.3, -0.25) is 0 Å². The largest absolute Gasteiger partial charge is 0.144 e. The molecule has 0 amide bonds. The van der Waals surface area contributed by atoms with Gasteiger partial charge in [0.25, 0.3) is 0 Å². The number of hydrogen-bond acceptors (Lipinski definition) is 8. The molecule has 10 heteroatoms. The van der Waals surface area contributed by atoms with Crippen LogP contribution < -0.4 is 9.00 Å². The van der Waals surface area contributed by atoms with E-state index in [1.165, 1.54) is 90.5 Å². The third-order valence-electron chi connectivity index (χ3n) is 9.20. The minimum Gasteiger partial charge on any atom is -0.144 e. The molecule has 0 N–H and O–H groups in total. The third kappa shape index (κ3) is 7.14. The van der Waals surface area contributed by atoms with Gasteiger partial charge in [0.2, 0.25) is 0 Å². The lowest BCUT2D eigenvalue weighted by molar-refractivity contribution is 1.53. The Kier molecular flexibility index (Phi) is 9.93. The monoisotopic (exact) mass is 858 g/mol. The second-order valence-corrected chi connectivity index (χ2v) is 35.0. The van der Waals surface area contributed by atoms with E-state index in [0.717, 1.165) is 0 Å². The van der Waals surface area contributed by atoms with Crippen LogP contribution in [-0.4, -0.2) is 16.1 Å². The van der Waals surface area contributed by atoms with E-state index in [2.05, 4.69) is 140 Å². The zero-order chi connectivity index (χ0) is 36.7. The Morgan fingerprint density at radius 2 is 0.558 bits per heavy atom. The maximum absolute atomic E-state index is 2.44. The van der Waals surface area contributed by atoms with E-state index in [4.69, 9.17) is 0 Å². The summed E-state index contributed by atoms with van der Waals surface area (Å²) in [4.78, 5) is 19.5. The van der Waals surface area contributed by atoms with E-state index in [1.807, 2.05) is 90.7 Å². The molecule has 266 valence electrons. The molecule has 8 aromatic heterocycles. The van der Waals surface area contributed by atoms with Crippen LogP contribution in [0.3, 0.4) is 0 Å². The van der Waals surface area contributed by atoms with Crippen molar-refractivity contribution >= 4 is 116 Å².